The SMILES string of the molecule is COc1ccc(C(=O)N2CCC(C(=O)NCC3CC3)CC2)c2ccccc12. The summed E-state index contributed by atoms with van der Waals surface area (Å²) in [7, 11) is 1.64. The number of carbonyl (C=O) groups is 2. The third-order valence-corrected chi connectivity index (χ3v) is 5.75. The lowest BCUT2D eigenvalue weighted by atomic mass is 9.94. The number of benzene rings is 2. The summed E-state index contributed by atoms with van der Waals surface area (Å²) in [5.74, 6) is 1.68. The minimum absolute atomic E-state index is 0.0282. The number of rotatable bonds is 5. The zero-order valence-electron chi connectivity index (χ0n) is 15.7. The van der Waals surface area contributed by atoms with Gasteiger partial charge in [0.2, 0.25) is 5.91 Å². The van der Waals surface area contributed by atoms with Crippen molar-refractivity contribution in [2.75, 3.05) is 26.7 Å². The van der Waals surface area contributed by atoms with Crippen LogP contribution in [0, 0.1) is 11.8 Å². The Morgan fingerprint density at radius 1 is 1.04 bits per heavy atom. The highest BCUT2D eigenvalue weighted by molar-refractivity contribution is 6.08. The van der Waals surface area contributed by atoms with E-state index in [1.807, 2.05) is 41.3 Å². The van der Waals surface area contributed by atoms with Gasteiger partial charge < -0.3 is 15.0 Å². The van der Waals surface area contributed by atoms with Crippen molar-refractivity contribution in [3.8, 4) is 5.75 Å². The molecule has 4 rings (SSSR count). The smallest absolute Gasteiger partial charge is 0.254 e. The van der Waals surface area contributed by atoms with Crippen molar-refractivity contribution in [1.29, 1.82) is 0 Å². The second-order valence-electron chi connectivity index (χ2n) is 7.62. The van der Waals surface area contributed by atoms with E-state index in [4.69, 9.17) is 4.74 Å². The highest BCUT2D eigenvalue weighted by atomic mass is 16.5. The van der Waals surface area contributed by atoms with Crippen molar-refractivity contribution in [2.45, 2.75) is 25.7 Å². The lowest BCUT2D eigenvalue weighted by Crippen LogP contribution is -2.43. The van der Waals surface area contributed by atoms with E-state index in [0.29, 0.717) is 24.6 Å². The molecule has 0 unspecified atom stereocenters. The van der Waals surface area contributed by atoms with E-state index in [1.54, 1.807) is 7.11 Å². The summed E-state index contributed by atoms with van der Waals surface area (Å²) in [5.41, 5.74) is 0.697. The fourth-order valence-corrected chi connectivity index (χ4v) is 3.86. The molecule has 0 spiro atoms. The molecule has 1 aliphatic carbocycles. The first-order valence-electron chi connectivity index (χ1n) is 9.80. The first-order chi connectivity index (χ1) is 13.2. The van der Waals surface area contributed by atoms with Gasteiger partial charge in [-0.25, -0.2) is 0 Å². The second kappa shape index (κ2) is 7.59. The van der Waals surface area contributed by atoms with E-state index >= 15 is 0 Å². The van der Waals surface area contributed by atoms with Crippen LogP contribution in [0.4, 0.5) is 0 Å². The molecule has 142 valence electrons. The molecule has 0 radical (unpaired) electrons. The normalized spacial score (nSPS) is 17.7. The Morgan fingerprint density at radius 2 is 1.74 bits per heavy atom. The molecule has 2 aromatic rings. The summed E-state index contributed by atoms with van der Waals surface area (Å²) in [6.07, 6.45) is 3.94. The van der Waals surface area contributed by atoms with Gasteiger partial charge in [0.15, 0.2) is 0 Å². The van der Waals surface area contributed by atoms with E-state index in [1.165, 1.54) is 12.8 Å². The number of amides is 2. The monoisotopic (exact) mass is 366 g/mol. The van der Waals surface area contributed by atoms with Crippen molar-refractivity contribution in [1.82, 2.24) is 10.2 Å². The number of ether oxygens (including phenoxy) is 1. The highest BCUT2D eigenvalue weighted by Crippen LogP contribution is 2.30. The number of methoxy groups -OCH3 is 1. The van der Waals surface area contributed by atoms with Crippen LogP contribution in [0.2, 0.25) is 0 Å². The lowest BCUT2D eigenvalue weighted by molar-refractivity contribution is -0.126. The zero-order valence-corrected chi connectivity index (χ0v) is 15.7. The molecule has 1 saturated heterocycles. The molecule has 0 bridgehead atoms. The number of carbonyl (C=O) groups excluding carboxylic acids is 2. The third kappa shape index (κ3) is 3.77. The van der Waals surface area contributed by atoms with Crippen molar-refractivity contribution < 1.29 is 14.3 Å². The number of hydrogen-bond donors (Lipinski definition) is 1. The molecule has 1 N–H and O–H groups in total. The van der Waals surface area contributed by atoms with Crippen molar-refractivity contribution in [2.24, 2.45) is 11.8 Å². The second-order valence-corrected chi connectivity index (χ2v) is 7.62. The summed E-state index contributed by atoms with van der Waals surface area (Å²) in [4.78, 5) is 27.3. The maximum Gasteiger partial charge on any atom is 0.254 e. The van der Waals surface area contributed by atoms with Crippen LogP contribution >= 0.6 is 0 Å². The van der Waals surface area contributed by atoms with Crippen molar-refractivity contribution in [3.05, 3.63) is 42.0 Å². The summed E-state index contributed by atoms with van der Waals surface area (Å²) >= 11 is 0. The molecular weight excluding hydrogens is 340 g/mol. The van der Waals surface area contributed by atoms with E-state index in [2.05, 4.69) is 5.32 Å². The van der Waals surface area contributed by atoms with Gasteiger partial charge >= 0.3 is 0 Å². The van der Waals surface area contributed by atoms with Crippen LogP contribution in [0.1, 0.15) is 36.0 Å². The van der Waals surface area contributed by atoms with Crippen LogP contribution in [-0.4, -0.2) is 43.5 Å². The van der Waals surface area contributed by atoms with Gasteiger partial charge in [0, 0.05) is 36.5 Å². The van der Waals surface area contributed by atoms with Crippen LogP contribution in [0.15, 0.2) is 36.4 Å². The van der Waals surface area contributed by atoms with Crippen LogP contribution in [-0.2, 0) is 4.79 Å². The van der Waals surface area contributed by atoms with Gasteiger partial charge in [0.1, 0.15) is 5.75 Å². The van der Waals surface area contributed by atoms with Gasteiger partial charge in [0.05, 0.1) is 7.11 Å². The van der Waals surface area contributed by atoms with Gasteiger partial charge in [-0.3, -0.25) is 9.59 Å². The molecule has 2 aromatic carbocycles. The minimum atomic E-state index is 0.0282. The molecule has 27 heavy (non-hydrogen) atoms. The molecule has 2 fully saturated rings. The van der Waals surface area contributed by atoms with E-state index < -0.39 is 0 Å². The Morgan fingerprint density at radius 3 is 2.41 bits per heavy atom. The number of nitrogens with one attached hydrogen (secondary N) is 1. The fraction of sp³-hybridized carbons (Fsp3) is 0.455. The Hall–Kier alpha value is -2.56. The quantitative estimate of drug-likeness (QED) is 0.884. The topological polar surface area (TPSA) is 58.6 Å². The fourth-order valence-electron chi connectivity index (χ4n) is 3.86. The van der Waals surface area contributed by atoms with Gasteiger partial charge in [-0.15, -0.1) is 0 Å². The van der Waals surface area contributed by atoms with Gasteiger partial charge in [-0.2, -0.15) is 0 Å². The van der Waals surface area contributed by atoms with Crippen LogP contribution < -0.4 is 10.1 Å². The first-order valence-corrected chi connectivity index (χ1v) is 9.80. The third-order valence-electron chi connectivity index (χ3n) is 5.75. The van der Waals surface area contributed by atoms with Crippen LogP contribution in [0.3, 0.4) is 0 Å². The van der Waals surface area contributed by atoms with Gasteiger partial charge in [-0.05, 0) is 49.1 Å². The predicted molar refractivity (Wildman–Crippen MR) is 105 cm³/mol. The molecule has 1 aliphatic heterocycles. The Kier molecular flexibility index (Phi) is 5.01. The number of hydrogen-bond acceptors (Lipinski definition) is 3. The minimum Gasteiger partial charge on any atom is -0.496 e. The molecule has 5 nitrogen and oxygen atoms in total. The Balaban J connectivity index is 1.43. The van der Waals surface area contributed by atoms with Crippen molar-refractivity contribution >= 4 is 22.6 Å². The van der Waals surface area contributed by atoms with Gasteiger partial charge in [0.25, 0.3) is 5.91 Å². The maximum atomic E-state index is 13.1. The van der Waals surface area contributed by atoms with Crippen LogP contribution in [0.25, 0.3) is 10.8 Å². The van der Waals surface area contributed by atoms with E-state index in [9.17, 15) is 9.59 Å². The standard InChI is InChI=1S/C22H26N2O3/c1-27-20-9-8-19(17-4-2-3-5-18(17)20)22(26)24-12-10-16(11-13-24)21(25)23-14-15-6-7-15/h2-5,8-9,15-16H,6-7,10-14H2,1H3,(H,23,25). The molecule has 1 heterocycles. The number of piperidine rings is 1. The van der Waals surface area contributed by atoms with Crippen LogP contribution in [0.5, 0.6) is 5.75 Å². The molecule has 2 aliphatic rings. The number of likely N-dealkylation sites (tertiary alicyclic amines) is 1. The molecular formula is C22H26N2O3. The molecule has 5 heteroatoms. The molecule has 0 atom stereocenters. The largest absolute Gasteiger partial charge is 0.496 e. The molecule has 1 saturated carbocycles. The maximum absolute atomic E-state index is 13.1. The van der Waals surface area contributed by atoms with Gasteiger partial charge in [-0.1, -0.05) is 24.3 Å². The lowest BCUT2D eigenvalue weighted by Gasteiger charge is -2.31. The number of fused-ring (bicyclic) bond motifs is 1. The summed E-state index contributed by atoms with van der Waals surface area (Å²) in [5, 5.41) is 4.92. The highest BCUT2D eigenvalue weighted by Gasteiger charge is 2.29. The van der Waals surface area contributed by atoms with E-state index in [0.717, 1.165) is 35.9 Å². The summed E-state index contributed by atoms with van der Waals surface area (Å²) in [6, 6.07) is 11.5. The summed E-state index contributed by atoms with van der Waals surface area (Å²) < 4.78 is 5.42. The first kappa shape index (κ1) is 17.8. The zero-order chi connectivity index (χ0) is 18.8. The number of nitrogens with zero attached hydrogens (tertiary/aromatic N) is 1. The van der Waals surface area contributed by atoms with E-state index in [-0.39, 0.29) is 17.7 Å². The van der Waals surface area contributed by atoms with Crippen molar-refractivity contribution in [3.63, 3.8) is 0 Å². The predicted octanol–water partition coefficient (Wildman–Crippen LogP) is 3.23. The Labute approximate surface area is 159 Å². The summed E-state index contributed by atoms with van der Waals surface area (Å²) in [6.45, 7) is 2.07. The molecule has 2 amide bonds. The Bertz CT molecular complexity index is 852. The average Bonchev–Trinajstić information content (AvgIpc) is 3.55. The average molecular weight is 366 g/mol. The molecule has 0 aromatic heterocycles.